The summed E-state index contributed by atoms with van der Waals surface area (Å²) in [6.45, 7) is 1.19. The molecule has 0 bridgehead atoms. The fourth-order valence-electron chi connectivity index (χ4n) is 4.38. The zero-order valence-electron chi connectivity index (χ0n) is 15.6. The topological polar surface area (TPSA) is 49.4 Å². The summed E-state index contributed by atoms with van der Waals surface area (Å²) < 4.78 is 0. The highest BCUT2D eigenvalue weighted by Crippen LogP contribution is 2.35. The first-order valence-electron chi connectivity index (χ1n) is 10.0. The summed E-state index contributed by atoms with van der Waals surface area (Å²) in [6.07, 6.45) is 8.39. The smallest absolute Gasteiger partial charge is 0.251 e. The maximum atomic E-state index is 12.7. The number of carbonyl (C=O) groups is 2. The Labute approximate surface area is 160 Å². The first kappa shape index (κ1) is 17.8. The van der Waals surface area contributed by atoms with Crippen molar-refractivity contribution in [1.29, 1.82) is 0 Å². The monoisotopic (exact) mass is 362 g/mol. The molecule has 4 nitrogen and oxygen atoms in total. The average Bonchev–Trinajstić information content (AvgIpc) is 2.72. The molecular weight excluding hydrogens is 336 g/mol. The fourth-order valence-corrected chi connectivity index (χ4v) is 4.38. The number of benzene rings is 2. The molecule has 2 aliphatic rings. The number of piperidine rings is 1. The van der Waals surface area contributed by atoms with Crippen LogP contribution >= 0.6 is 0 Å². The van der Waals surface area contributed by atoms with Crippen molar-refractivity contribution >= 4 is 22.6 Å². The van der Waals surface area contributed by atoms with Gasteiger partial charge in [-0.15, -0.1) is 0 Å². The quantitative estimate of drug-likeness (QED) is 0.883. The van der Waals surface area contributed by atoms with Crippen molar-refractivity contribution in [2.75, 3.05) is 13.1 Å². The second-order valence-electron chi connectivity index (χ2n) is 7.48. The van der Waals surface area contributed by atoms with Gasteiger partial charge in [-0.1, -0.05) is 42.5 Å². The molecule has 1 heterocycles. The van der Waals surface area contributed by atoms with Crippen LogP contribution < -0.4 is 5.32 Å². The molecule has 1 atom stereocenters. The van der Waals surface area contributed by atoms with Crippen LogP contribution in [-0.2, 0) is 4.79 Å². The second-order valence-corrected chi connectivity index (χ2v) is 7.48. The van der Waals surface area contributed by atoms with E-state index in [2.05, 4.69) is 11.4 Å². The van der Waals surface area contributed by atoms with Gasteiger partial charge in [-0.25, -0.2) is 0 Å². The number of allylic oxidation sites excluding steroid dienone is 2. The fraction of sp³-hybridized carbons (Fsp3) is 0.391. The van der Waals surface area contributed by atoms with E-state index in [1.165, 1.54) is 25.0 Å². The Bertz CT molecular complexity index is 882. The summed E-state index contributed by atoms with van der Waals surface area (Å²) in [4.78, 5) is 27.3. The average molecular weight is 362 g/mol. The standard InChI is InChI=1S/C23H26N2O2/c26-22(25-16-6-10-18-8-2-4-13-21(18)25)14-15-24-23(27)20-12-5-9-17-7-1-3-11-19(17)20/h1,3,5,7,9,11-13,18H,2,4,6,8,10,14-16H2,(H,24,27). The van der Waals surface area contributed by atoms with Gasteiger partial charge in [0, 0.05) is 30.8 Å². The summed E-state index contributed by atoms with van der Waals surface area (Å²) in [5, 5.41) is 4.91. The molecular formula is C23H26N2O2. The molecule has 140 valence electrons. The van der Waals surface area contributed by atoms with Crippen LogP contribution in [0.3, 0.4) is 0 Å². The van der Waals surface area contributed by atoms with Gasteiger partial charge in [0.2, 0.25) is 5.91 Å². The van der Waals surface area contributed by atoms with Crippen LogP contribution in [0.4, 0.5) is 0 Å². The third-order valence-corrected chi connectivity index (χ3v) is 5.73. The van der Waals surface area contributed by atoms with Crippen LogP contribution in [0.15, 0.2) is 54.2 Å². The lowest BCUT2D eigenvalue weighted by Gasteiger charge is -2.38. The number of hydrogen-bond donors (Lipinski definition) is 1. The Morgan fingerprint density at radius 3 is 2.78 bits per heavy atom. The Morgan fingerprint density at radius 1 is 1.04 bits per heavy atom. The van der Waals surface area contributed by atoms with Crippen LogP contribution in [-0.4, -0.2) is 29.8 Å². The van der Waals surface area contributed by atoms with E-state index in [0.717, 1.165) is 30.2 Å². The van der Waals surface area contributed by atoms with Crippen molar-refractivity contribution in [2.24, 2.45) is 5.92 Å². The number of likely N-dealkylation sites (tertiary alicyclic amines) is 1. The van der Waals surface area contributed by atoms with Gasteiger partial charge < -0.3 is 10.2 Å². The number of nitrogens with one attached hydrogen (secondary N) is 1. The van der Waals surface area contributed by atoms with Gasteiger partial charge in [-0.2, -0.15) is 0 Å². The number of rotatable bonds is 4. The van der Waals surface area contributed by atoms with E-state index in [9.17, 15) is 9.59 Å². The van der Waals surface area contributed by atoms with E-state index in [1.54, 1.807) is 0 Å². The lowest BCUT2D eigenvalue weighted by molar-refractivity contribution is -0.130. The molecule has 0 spiro atoms. The third-order valence-electron chi connectivity index (χ3n) is 5.73. The van der Waals surface area contributed by atoms with Crippen LogP contribution in [0.25, 0.3) is 10.8 Å². The summed E-state index contributed by atoms with van der Waals surface area (Å²) in [5.74, 6) is 0.570. The first-order chi connectivity index (χ1) is 13.2. The van der Waals surface area contributed by atoms with E-state index in [-0.39, 0.29) is 11.8 Å². The minimum atomic E-state index is -0.118. The van der Waals surface area contributed by atoms with Crippen LogP contribution in [0.1, 0.15) is 48.9 Å². The molecule has 0 aromatic heterocycles. The molecule has 2 aromatic rings. The minimum absolute atomic E-state index is 0.118. The lowest BCUT2D eigenvalue weighted by Crippen LogP contribution is -2.40. The van der Waals surface area contributed by atoms with Gasteiger partial charge in [-0.3, -0.25) is 9.59 Å². The van der Waals surface area contributed by atoms with Crippen LogP contribution in [0.5, 0.6) is 0 Å². The highest BCUT2D eigenvalue weighted by Gasteiger charge is 2.29. The predicted octanol–water partition coefficient (Wildman–Crippen LogP) is 4.27. The number of amides is 2. The summed E-state index contributed by atoms with van der Waals surface area (Å²) in [7, 11) is 0. The molecule has 27 heavy (non-hydrogen) atoms. The number of nitrogens with zero attached hydrogens (tertiary/aromatic N) is 1. The SMILES string of the molecule is O=C(NCCC(=O)N1CCCC2CCCC=C21)c1cccc2ccccc12. The number of carbonyl (C=O) groups excluding carboxylic acids is 2. The Hall–Kier alpha value is -2.62. The van der Waals surface area contributed by atoms with Crippen molar-refractivity contribution in [1.82, 2.24) is 10.2 Å². The maximum Gasteiger partial charge on any atom is 0.251 e. The highest BCUT2D eigenvalue weighted by molar-refractivity contribution is 6.07. The van der Waals surface area contributed by atoms with Gasteiger partial charge in [0.15, 0.2) is 0 Å². The number of hydrogen-bond acceptors (Lipinski definition) is 2. The van der Waals surface area contributed by atoms with E-state index in [1.807, 2.05) is 47.4 Å². The molecule has 2 amide bonds. The van der Waals surface area contributed by atoms with Gasteiger partial charge >= 0.3 is 0 Å². The zero-order valence-corrected chi connectivity index (χ0v) is 15.6. The zero-order chi connectivity index (χ0) is 18.6. The van der Waals surface area contributed by atoms with Gasteiger partial charge in [-0.05, 0) is 54.9 Å². The van der Waals surface area contributed by atoms with Crippen molar-refractivity contribution < 1.29 is 9.59 Å². The van der Waals surface area contributed by atoms with Crippen LogP contribution in [0.2, 0.25) is 0 Å². The van der Waals surface area contributed by atoms with Crippen molar-refractivity contribution in [3.63, 3.8) is 0 Å². The summed E-state index contributed by atoms with van der Waals surface area (Å²) in [6, 6.07) is 13.6. The molecule has 0 saturated carbocycles. The second kappa shape index (κ2) is 7.95. The molecule has 1 saturated heterocycles. The predicted molar refractivity (Wildman–Crippen MR) is 107 cm³/mol. The summed E-state index contributed by atoms with van der Waals surface area (Å²) >= 11 is 0. The molecule has 1 fully saturated rings. The van der Waals surface area contributed by atoms with Crippen molar-refractivity contribution in [3.8, 4) is 0 Å². The number of fused-ring (bicyclic) bond motifs is 2. The minimum Gasteiger partial charge on any atom is -0.352 e. The van der Waals surface area contributed by atoms with E-state index >= 15 is 0 Å². The largest absolute Gasteiger partial charge is 0.352 e. The van der Waals surface area contributed by atoms with Gasteiger partial charge in [0.05, 0.1) is 0 Å². The third kappa shape index (κ3) is 3.75. The molecule has 1 N–H and O–H groups in total. The Balaban J connectivity index is 1.37. The first-order valence-corrected chi connectivity index (χ1v) is 10.0. The summed E-state index contributed by atoms with van der Waals surface area (Å²) in [5.41, 5.74) is 1.89. The van der Waals surface area contributed by atoms with Crippen molar-refractivity contribution in [3.05, 3.63) is 59.8 Å². The molecule has 2 aromatic carbocycles. The molecule has 0 radical (unpaired) electrons. The molecule has 1 aliphatic heterocycles. The lowest BCUT2D eigenvalue weighted by atomic mass is 9.85. The normalized spacial score (nSPS) is 19.3. The van der Waals surface area contributed by atoms with E-state index < -0.39 is 0 Å². The molecule has 4 rings (SSSR count). The van der Waals surface area contributed by atoms with E-state index in [0.29, 0.717) is 24.4 Å². The van der Waals surface area contributed by atoms with Gasteiger partial charge in [0.1, 0.15) is 0 Å². The Kier molecular flexibility index (Phi) is 5.23. The molecule has 1 unspecified atom stereocenters. The highest BCUT2D eigenvalue weighted by atomic mass is 16.2. The van der Waals surface area contributed by atoms with Crippen LogP contribution in [0, 0.1) is 5.92 Å². The van der Waals surface area contributed by atoms with E-state index in [4.69, 9.17) is 0 Å². The van der Waals surface area contributed by atoms with Crippen molar-refractivity contribution in [2.45, 2.75) is 38.5 Å². The molecule has 1 aliphatic carbocycles. The van der Waals surface area contributed by atoms with Gasteiger partial charge in [0.25, 0.3) is 5.91 Å². The maximum absolute atomic E-state index is 12.7. The molecule has 4 heteroatoms. The Morgan fingerprint density at radius 2 is 1.85 bits per heavy atom.